The van der Waals surface area contributed by atoms with Crippen LogP contribution in [-0.2, 0) is 4.79 Å². The number of aliphatic carboxylic acids is 1. The topological polar surface area (TPSA) is 49.8 Å². The lowest BCUT2D eigenvalue weighted by molar-refractivity contribution is -0.137. The van der Waals surface area contributed by atoms with E-state index in [1.165, 1.54) is 12.8 Å². The monoisotopic (exact) mass is 291 g/mol. The Labute approximate surface area is 126 Å². The Bertz CT molecular complexity index is 421. The molecule has 0 saturated carbocycles. The zero-order chi connectivity index (χ0) is 14.9. The van der Waals surface area contributed by atoms with Crippen LogP contribution in [0.5, 0.6) is 5.75 Å². The van der Waals surface area contributed by atoms with Gasteiger partial charge in [0.2, 0.25) is 0 Å². The molecule has 0 aromatic heterocycles. The highest BCUT2D eigenvalue weighted by atomic mass is 16.5. The molecule has 1 N–H and O–H groups in total. The Morgan fingerprint density at radius 2 is 2.10 bits per heavy atom. The zero-order valence-electron chi connectivity index (χ0n) is 12.5. The molecule has 1 heterocycles. The second kappa shape index (κ2) is 8.67. The number of carbonyl (C=O) groups is 1. The molecular formula is C17H25NO3. The summed E-state index contributed by atoms with van der Waals surface area (Å²) in [6.45, 7) is 2.80. The van der Waals surface area contributed by atoms with Crippen molar-refractivity contribution >= 4 is 5.97 Å². The van der Waals surface area contributed by atoms with E-state index in [-0.39, 0.29) is 6.42 Å². The Kier molecular flexibility index (Phi) is 6.54. The Morgan fingerprint density at radius 3 is 2.86 bits per heavy atom. The van der Waals surface area contributed by atoms with Crippen LogP contribution in [-0.4, -0.2) is 41.7 Å². The maximum absolute atomic E-state index is 10.7. The van der Waals surface area contributed by atoms with Gasteiger partial charge in [-0.05, 0) is 44.4 Å². The molecular weight excluding hydrogens is 266 g/mol. The van der Waals surface area contributed by atoms with Gasteiger partial charge in [0.1, 0.15) is 5.75 Å². The first kappa shape index (κ1) is 15.8. The summed E-state index contributed by atoms with van der Waals surface area (Å²) in [5, 5.41) is 8.83. The molecule has 116 valence electrons. The normalized spacial score (nSPS) is 19.3. The van der Waals surface area contributed by atoms with Gasteiger partial charge in [0, 0.05) is 19.0 Å². The van der Waals surface area contributed by atoms with E-state index in [1.807, 2.05) is 30.3 Å². The molecule has 1 saturated heterocycles. The van der Waals surface area contributed by atoms with Crippen LogP contribution in [0.3, 0.4) is 0 Å². The number of piperidine rings is 1. The largest absolute Gasteiger partial charge is 0.494 e. The van der Waals surface area contributed by atoms with Gasteiger partial charge < -0.3 is 14.7 Å². The predicted molar refractivity (Wildman–Crippen MR) is 82.6 cm³/mol. The van der Waals surface area contributed by atoms with E-state index in [9.17, 15) is 4.79 Å². The average Bonchev–Trinajstić information content (AvgIpc) is 2.51. The fourth-order valence-electron chi connectivity index (χ4n) is 2.95. The number of benzene rings is 1. The van der Waals surface area contributed by atoms with E-state index in [0.717, 1.165) is 38.1 Å². The van der Waals surface area contributed by atoms with Crippen molar-refractivity contribution in [2.75, 3.05) is 19.7 Å². The molecule has 1 aliphatic rings. The summed E-state index contributed by atoms with van der Waals surface area (Å²) in [6, 6.07) is 10.3. The lowest BCUT2D eigenvalue weighted by atomic mass is 9.98. The summed E-state index contributed by atoms with van der Waals surface area (Å²) >= 11 is 0. The minimum Gasteiger partial charge on any atom is -0.494 e. The number of para-hydroxylation sites is 1. The lowest BCUT2D eigenvalue weighted by Crippen LogP contribution is -2.40. The average molecular weight is 291 g/mol. The van der Waals surface area contributed by atoms with Gasteiger partial charge in [0.25, 0.3) is 0 Å². The summed E-state index contributed by atoms with van der Waals surface area (Å²) in [5.74, 6) is 0.228. The van der Waals surface area contributed by atoms with Gasteiger partial charge in [0.05, 0.1) is 6.61 Å². The number of rotatable bonds is 8. The van der Waals surface area contributed by atoms with Crippen molar-refractivity contribution in [2.24, 2.45) is 0 Å². The van der Waals surface area contributed by atoms with Crippen LogP contribution in [0, 0.1) is 0 Å². The van der Waals surface area contributed by atoms with Gasteiger partial charge in [-0.15, -0.1) is 0 Å². The number of nitrogens with zero attached hydrogens (tertiary/aromatic N) is 1. The maximum atomic E-state index is 10.7. The van der Waals surface area contributed by atoms with Crippen molar-refractivity contribution in [3.8, 4) is 5.75 Å². The Hall–Kier alpha value is -1.55. The molecule has 4 heteroatoms. The number of carboxylic acids is 1. The summed E-state index contributed by atoms with van der Waals surface area (Å²) in [5.41, 5.74) is 0. The first-order chi connectivity index (χ1) is 10.3. The first-order valence-corrected chi connectivity index (χ1v) is 7.89. The second-order valence-corrected chi connectivity index (χ2v) is 5.63. The standard InChI is InChI=1S/C17H25NO3/c19-17(20)11-10-15-7-4-5-12-18(15)13-6-14-21-16-8-2-1-3-9-16/h1-3,8-9,15H,4-7,10-14H2,(H,19,20). The van der Waals surface area contributed by atoms with Crippen LogP contribution in [0.2, 0.25) is 0 Å². The molecule has 21 heavy (non-hydrogen) atoms. The smallest absolute Gasteiger partial charge is 0.303 e. The van der Waals surface area contributed by atoms with Crippen LogP contribution in [0.1, 0.15) is 38.5 Å². The third kappa shape index (κ3) is 5.76. The van der Waals surface area contributed by atoms with Crippen molar-refractivity contribution in [3.63, 3.8) is 0 Å². The highest BCUT2D eigenvalue weighted by Gasteiger charge is 2.22. The van der Waals surface area contributed by atoms with Gasteiger partial charge in [0.15, 0.2) is 0 Å². The molecule has 1 aliphatic heterocycles. The third-order valence-electron chi connectivity index (χ3n) is 4.04. The molecule has 1 atom stereocenters. The van der Waals surface area contributed by atoms with E-state index in [2.05, 4.69) is 4.90 Å². The predicted octanol–water partition coefficient (Wildman–Crippen LogP) is 3.17. The summed E-state index contributed by atoms with van der Waals surface area (Å²) in [7, 11) is 0. The van der Waals surface area contributed by atoms with Crippen molar-refractivity contribution < 1.29 is 14.6 Å². The third-order valence-corrected chi connectivity index (χ3v) is 4.04. The fraction of sp³-hybridized carbons (Fsp3) is 0.588. The van der Waals surface area contributed by atoms with Crippen molar-refractivity contribution in [2.45, 2.75) is 44.6 Å². The molecule has 1 aromatic rings. The molecule has 0 aliphatic carbocycles. The highest BCUT2D eigenvalue weighted by molar-refractivity contribution is 5.66. The number of hydrogen-bond donors (Lipinski definition) is 1. The van der Waals surface area contributed by atoms with E-state index in [0.29, 0.717) is 12.6 Å². The minimum atomic E-state index is -0.687. The number of ether oxygens (including phenoxy) is 1. The van der Waals surface area contributed by atoms with Crippen molar-refractivity contribution in [3.05, 3.63) is 30.3 Å². The summed E-state index contributed by atoms with van der Waals surface area (Å²) in [6.07, 6.45) is 5.62. The Balaban J connectivity index is 1.68. The van der Waals surface area contributed by atoms with E-state index in [4.69, 9.17) is 9.84 Å². The second-order valence-electron chi connectivity index (χ2n) is 5.63. The van der Waals surface area contributed by atoms with Gasteiger partial charge in [-0.1, -0.05) is 24.6 Å². The van der Waals surface area contributed by atoms with Crippen LogP contribution < -0.4 is 4.74 Å². The fourth-order valence-corrected chi connectivity index (χ4v) is 2.95. The Morgan fingerprint density at radius 1 is 1.29 bits per heavy atom. The van der Waals surface area contributed by atoms with Crippen LogP contribution in [0.15, 0.2) is 30.3 Å². The first-order valence-electron chi connectivity index (χ1n) is 7.89. The zero-order valence-corrected chi connectivity index (χ0v) is 12.5. The maximum Gasteiger partial charge on any atom is 0.303 e. The number of carboxylic acid groups (broad SMARTS) is 1. The molecule has 0 amide bonds. The molecule has 1 unspecified atom stereocenters. The van der Waals surface area contributed by atoms with E-state index < -0.39 is 5.97 Å². The molecule has 0 spiro atoms. The van der Waals surface area contributed by atoms with Crippen molar-refractivity contribution in [1.29, 1.82) is 0 Å². The van der Waals surface area contributed by atoms with Gasteiger partial charge in [-0.2, -0.15) is 0 Å². The number of likely N-dealkylation sites (tertiary alicyclic amines) is 1. The van der Waals surface area contributed by atoms with E-state index in [1.54, 1.807) is 0 Å². The summed E-state index contributed by atoms with van der Waals surface area (Å²) in [4.78, 5) is 13.2. The molecule has 0 bridgehead atoms. The van der Waals surface area contributed by atoms with Crippen LogP contribution >= 0.6 is 0 Å². The minimum absolute atomic E-state index is 0.279. The van der Waals surface area contributed by atoms with Gasteiger partial charge in [-0.3, -0.25) is 4.79 Å². The van der Waals surface area contributed by atoms with Gasteiger partial charge >= 0.3 is 5.97 Å². The SMILES string of the molecule is O=C(O)CCC1CCCCN1CCCOc1ccccc1. The molecule has 1 fully saturated rings. The van der Waals surface area contributed by atoms with E-state index >= 15 is 0 Å². The molecule has 1 aromatic carbocycles. The van der Waals surface area contributed by atoms with Crippen LogP contribution in [0.25, 0.3) is 0 Å². The summed E-state index contributed by atoms with van der Waals surface area (Å²) < 4.78 is 5.71. The quantitative estimate of drug-likeness (QED) is 0.747. The highest BCUT2D eigenvalue weighted by Crippen LogP contribution is 2.21. The molecule has 0 radical (unpaired) electrons. The van der Waals surface area contributed by atoms with Crippen molar-refractivity contribution in [1.82, 2.24) is 4.90 Å². The lowest BCUT2D eigenvalue weighted by Gasteiger charge is -2.35. The molecule has 2 rings (SSSR count). The number of hydrogen-bond acceptors (Lipinski definition) is 3. The van der Waals surface area contributed by atoms with Gasteiger partial charge in [-0.25, -0.2) is 0 Å². The molecule has 4 nitrogen and oxygen atoms in total. The van der Waals surface area contributed by atoms with Crippen LogP contribution in [0.4, 0.5) is 0 Å².